The first kappa shape index (κ1) is 15.2. The molecule has 0 atom stereocenters. The molecule has 0 amide bonds. The predicted molar refractivity (Wildman–Crippen MR) is 61.0 cm³/mol. The van der Waals surface area contributed by atoms with E-state index < -0.39 is 18.1 Å². The molecule has 0 aliphatic carbocycles. The Balaban J connectivity index is 3.26. The molecule has 4 nitrogen and oxygen atoms in total. The van der Waals surface area contributed by atoms with Gasteiger partial charge in [-0.25, -0.2) is 4.79 Å². The number of thiol groups is 1. The van der Waals surface area contributed by atoms with E-state index in [1.54, 1.807) is 6.07 Å². The monoisotopic (exact) mass is 291 g/mol. The second kappa shape index (κ2) is 5.84. The fraction of sp³-hybridized carbons (Fsp3) is 0.273. The van der Waals surface area contributed by atoms with Gasteiger partial charge in [0.25, 0.3) is 0 Å². The Morgan fingerprint density at radius 1 is 1.47 bits per heavy atom. The van der Waals surface area contributed by atoms with Crippen molar-refractivity contribution in [3.63, 3.8) is 0 Å². The maximum atomic E-state index is 12.1. The summed E-state index contributed by atoms with van der Waals surface area (Å²) < 4.78 is 44.8. The van der Waals surface area contributed by atoms with Crippen LogP contribution in [0.2, 0.25) is 0 Å². The summed E-state index contributed by atoms with van der Waals surface area (Å²) in [5, 5.41) is 8.83. The van der Waals surface area contributed by atoms with E-state index in [4.69, 9.17) is 5.26 Å². The molecule has 0 N–H and O–H groups in total. The largest absolute Gasteiger partial charge is 0.573 e. The van der Waals surface area contributed by atoms with Crippen LogP contribution in [0.4, 0.5) is 13.2 Å². The Labute approximate surface area is 112 Å². The molecular formula is C11H8F3NO3S. The summed E-state index contributed by atoms with van der Waals surface area (Å²) in [7, 11) is 0. The van der Waals surface area contributed by atoms with Gasteiger partial charge in [-0.05, 0) is 19.1 Å². The summed E-state index contributed by atoms with van der Waals surface area (Å²) in [4.78, 5) is 11.3. The van der Waals surface area contributed by atoms with E-state index in [1.807, 2.05) is 0 Å². The molecular weight excluding hydrogens is 283 g/mol. The van der Waals surface area contributed by atoms with E-state index in [0.29, 0.717) is 0 Å². The lowest BCUT2D eigenvalue weighted by molar-refractivity contribution is -0.275. The van der Waals surface area contributed by atoms with Crippen molar-refractivity contribution in [3.8, 4) is 11.8 Å². The molecule has 0 saturated carbocycles. The van der Waals surface area contributed by atoms with E-state index in [9.17, 15) is 18.0 Å². The van der Waals surface area contributed by atoms with Gasteiger partial charge in [0.05, 0.1) is 17.7 Å². The first-order chi connectivity index (χ1) is 8.78. The molecule has 0 aliphatic heterocycles. The summed E-state index contributed by atoms with van der Waals surface area (Å²) in [6.07, 6.45) is -4.92. The molecule has 1 aromatic rings. The quantitative estimate of drug-likeness (QED) is 0.687. The van der Waals surface area contributed by atoms with Crippen LogP contribution < -0.4 is 4.74 Å². The maximum Gasteiger partial charge on any atom is 0.573 e. The lowest BCUT2D eigenvalue weighted by Crippen LogP contribution is -2.18. The van der Waals surface area contributed by atoms with Crippen LogP contribution in [0.3, 0.4) is 0 Å². The molecule has 0 unspecified atom stereocenters. The standard InChI is InChI=1S/C11H8F3NO3S/c1-2-17-10(16)7-4-8(18-11(12,13)14)9(19)3-6(7)5-15/h3-4,19H,2H2,1H3. The summed E-state index contributed by atoms with van der Waals surface area (Å²) in [5.41, 5.74) is -0.445. The van der Waals surface area contributed by atoms with Crippen molar-refractivity contribution >= 4 is 18.6 Å². The molecule has 0 fully saturated rings. The number of ether oxygens (including phenoxy) is 2. The van der Waals surface area contributed by atoms with Crippen LogP contribution in [-0.4, -0.2) is 18.9 Å². The SMILES string of the molecule is CCOC(=O)c1cc(OC(F)(F)F)c(S)cc1C#N. The topological polar surface area (TPSA) is 59.3 Å². The van der Waals surface area contributed by atoms with Gasteiger partial charge in [0.2, 0.25) is 0 Å². The number of esters is 1. The number of nitrogens with zero attached hydrogens (tertiary/aromatic N) is 1. The molecule has 102 valence electrons. The van der Waals surface area contributed by atoms with Gasteiger partial charge < -0.3 is 9.47 Å². The van der Waals surface area contributed by atoms with E-state index in [1.165, 1.54) is 6.92 Å². The zero-order valence-corrected chi connectivity index (χ0v) is 10.5. The highest BCUT2D eigenvalue weighted by Gasteiger charge is 2.32. The van der Waals surface area contributed by atoms with Crippen molar-refractivity contribution in [1.29, 1.82) is 5.26 Å². The number of benzene rings is 1. The summed E-state index contributed by atoms with van der Waals surface area (Å²) in [6.45, 7) is 1.56. The second-order valence-corrected chi connectivity index (χ2v) is 3.73. The van der Waals surface area contributed by atoms with Crippen LogP contribution in [-0.2, 0) is 4.74 Å². The lowest BCUT2D eigenvalue weighted by atomic mass is 10.1. The predicted octanol–water partition coefficient (Wildman–Crippen LogP) is 2.92. The average Bonchev–Trinajstić information content (AvgIpc) is 2.29. The van der Waals surface area contributed by atoms with Gasteiger partial charge in [-0.2, -0.15) is 5.26 Å². The highest BCUT2D eigenvalue weighted by molar-refractivity contribution is 7.80. The van der Waals surface area contributed by atoms with Gasteiger partial charge in [-0.15, -0.1) is 25.8 Å². The fourth-order valence-corrected chi connectivity index (χ4v) is 1.48. The number of carbonyl (C=O) groups is 1. The molecule has 1 rings (SSSR count). The number of nitriles is 1. The number of hydrogen-bond donors (Lipinski definition) is 1. The molecule has 0 heterocycles. The van der Waals surface area contributed by atoms with Crippen LogP contribution in [0.15, 0.2) is 17.0 Å². The maximum absolute atomic E-state index is 12.1. The Morgan fingerprint density at radius 3 is 2.58 bits per heavy atom. The number of rotatable bonds is 3. The highest BCUT2D eigenvalue weighted by Crippen LogP contribution is 2.31. The molecule has 0 saturated heterocycles. The van der Waals surface area contributed by atoms with Crippen LogP contribution in [0.1, 0.15) is 22.8 Å². The van der Waals surface area contributed by atoms with Crippen LogP contribution in [0.5, 0.6) is 5.75 Å². The molecule has 8 heteroatoms. The van der Waals surface area contributed by atoms with Crippen molar-refractivity contribution in [2.45, 2.75) is 18.2 Å². The molecule has 0 bridgehead atoms. The number of carbonyl (C=O) groups excluding carboxylic acids is 1. The number of halogens is 3. The molecule has 0 aliphatic rings. The Morgan fingerprint density at radius 2 is 2.11 bits per heavy atom. The van der Waals surface area contributed by atoms with Crippen LogP contribution in [0, 0.1) is 11.3 Å². The zero-order chi connectivity index (χ0) is 14.6. The third kappa shape index (κ3) is 4.06. The molecule has 0 radical (unpaired) electrons. The summed E-state index contributed by atoms with van der Waals surface area (Å²) in [5.74, 6) is -1.57. The zero-order valence-electron chi connectivity index (χ0n) is 9.61. The van der Waals surface area contributed by atoms with Gasteiger partial charge in [0.15, 0.2) is 0 Å². The van der Waals surface area contributed by atoms with Crippen molar-refractivity contribution in [2.24, 2.45) is 0 Å². The highest BCUT2D eigenvalue weighted by atomic mass is 32.1. The van der Waals surface area contributed by atoms with E-state index in [-0.39, 0.29) is 22.6 Å². The Hall–Kier alpha value is -1.88. The second-order valence-electron chi connectivity index (χ2n) is 3.25. The third-order valence-corrected chi connectivity index (χ3v) is 2.29. The van der Waals surface area contributed by atoms with Crippen molar-refractivity contribution in [1.82, 2.24) is 0 Å². The van der Waals surface area contributed by atoms with Crippen molar-refractivity contribution < 1.29 is 27.4 Å². The minimum atomic E-state index is -4.92. The van der Waals surface area contributed by atoms with E-state index >= 15 is 0 Å². The van der Waals surface area contributed by atoms with E-state index in [0.717, 1.165) is 12.1 Å². The first-order valence-corrected chi connectivity index (χ1v) is 5.43. The van der Waals surface area contributed by atoms with Gasteiger partial charge in [-0.3, -0.25) is 0 Å². The van der Waals surface area contributed by atoms with Crippen molar-refractivity contribution in [2.75, 3.05) is 6.61 Å². The minimum absolute atomic E-state index is 0.0296. The van der Waals surface area contributed by atoms with Gasteiger partial charge in [-0.1, -0.05) is 0 Å². The molecule has 0 aromatic heterocycles. The number of hydrogen-bond acceptors (Lipinski definition) is 5. The van der Waals surface area contributed by atoms with E-state index in [2.05, 4.69) is 22.1 Å². The van der Waals surface area contributed by atoms with Crippen molar-refractivity contribution in [3.05, 3.63) is 23.3 Å². The Kier molecular flexibility index (Phi) is 4.67. The fourth-order valence-electron chi connectivity index (χ4n) is 1.25. The lowest BCUT2D eigenvalue weighted by Gasteiger charge is -2.13. The van der Waals surface area contributed by atoms with Gasteiger partial charge >= 0.3 is 12.3 Å². The minimum Gasteiger partial charge on any atom is -0.462 e. The Bertz CT molecular complexity index is 537. The summed E-state index contributed by atoms with van der Waals surface area (Å²) in [6, 6.07) is 3.47. The average molecular weight is 291 g/mol. The molecule has 19 heavy (non-hydrogen) atoms. The smallest absolute Gasteiger partial charge is 0.462 e. The van der Waals surface area contributed by atoms with Crippen LogP contribution in [0.25, 0.3) is 0 Å². The third-order valence-electron chi connectivity index (χ3n) is 1.94. The molecule has 1 aromatic carbocycles. The normalized spacial score (nSPS) is 10.7. The summed E-state index contributed by atoms with van der Waals surface area (Å²) >= 11 is 3.77. The molecule has 0 spiro atoms. The van der Waals surface area contributed by atoms with Gasteiger partial charge in [0.1, 0.15) is 11.8 Å². The number of alkyl halides is 3. The van der Waals surface area contributed by atoms with Gasteiger partial charge in [0, 0.05) is 4.90 Å². The van der Waals surface area contributed by atoms with Crippen LogP contribution >= 0.6 is 12.6 Å². The first-order valence-electron chi connectivity index (χ1n) is 4.98.